The molecule has 2 aromatic carbocycles. The Morgan fingerprint density at radius 2 is 1.91 bits per heavy atom. The second-order valence-corrected chi connectivity index (χ2v) is 11.3. The second kappa shape index (κ2) is 11.8. The molecule has 2 aromatic heterocycles. The van der Waals surface area contributed by atoms with Crippen LogP contribution < -0.4 is 20.5 Å². The van der Waals surface area contributed by atoms with Crippen molar-refractivity contribution in [2.45, 2.75) is 37.3 Å². The number of nitrogens with zero attached hydrogens (tertiary/aromatic N) is 7. The van der Waals surface area contributed by atoms with Crippen LogP contribution in [0.5, 0.6) is 6.01 Å². The maximum atomic E-state index is 14.7. The Kier molecular flexibility index (Phi) is 8.04. The Balaban J connectivity index is 1.57. The first-order valence-electron chi connectivity index (χ1n) is 14.0. The molecule has 0 aliphatic carbocycles. The molecule has 0 bridgehead atoms. The molecule has 2 aliphatic heterocycles. The van der Waals surface area contributed by atoms with Gasteiger partial charge >= 0.3 is 12.2 Å². The second-order valence-electron chi connectivity index (χ2n) is 10.9. The van der Waals surface area contributed by atoms with E-state index in [4.69, 9.17) is 16.3 Å². The minimum absolute atomic E-state index is 0.00165. The lowest BCUT2D eigenvalue weighted by atomic mass is 10.1. The van der Waals surface area contributed by atoms with Gasteiger partial charge in [0.2, 0.25) is 5.82 Å². The van der Waals surface area contributed by atoms with Gasteiger partial charge in [0, 0.05) is 43.6 Å². The van der Waals surface area contributed by atoms with Crippen molar-refractivity contribution in [3.8, 4) is 17.8 Å². The number of nitrogens with one attached hydrogen (secondary N) is 1. The standard InChI is InChI=1S/C29H27ClF4N8O2/c1-40-13-17(31)12-19(40)15-44-28-38-24-23(25(39-28)41-11-10-36-18(14-41)8-9-35)37-27(29(32,33)34)42(26(24)43)21-7-3-5-16-4-2-6-20(30)22(16)21/h2-7,17-19,36H,8,10-15H2,1H3/t17-,18?,19+/m1/s1. The number of rotatable bonds is 6. The zero-order valence-electron chi connectivity index (χ0n) is 23.5. The van der Waals surface area contributed by atoms with E-state index in [0.29, 0.717) is 23.0 Å². The van der Waals surface area contributed by atoms with Crippen molar-refractivity contribution in [3.05, 3.63) is 57.6 Å². The van der Waals surface area contributed by atoms with Gasteiger partial charge in [-0.2, -0.15) is 28.4 Å². The number of hydrogen-bond donors (Lipinski definition) is 1. The van der Waals surface area contributed by atoms with Gasteiger partial charge in [0.05, 0.1) is 23.2 Å². The first-order chi connectivity index (χ1) is 21.0. The molecule has 0 amide bonds. The molecule has 4 aromatic rings. The summed E-state index contributed by atoms with van der Waals surface area (Å²) < 4.78 is 64.4. The molecular weight excluding hydrogens is 604 g/mol. The van der Waals surface area contributed by atoms with E-state index in [0.717, 1.165) is 0 Å². The summed E-state index contributed by atoms with van der Waals surface area (Å²) in [5, 5.41) is 13.3. The molecule has 1 N–H and O–H groups in total. The Bertz CT molecular complexity index is 1820. The van der Waals surface area contributed by atoms with E-state index in [1.54, 1.807) is 35.0 Å². The molecule has 2 aliphatic rings. The van der Waals surface area contributed by atoms with Gasteiger partial charge in [-0.15, -0.1) is 0 Å². The van der Waals surface area contributed by atoms with Crippen LogP contribution in [0.25, 0.3) is 27.5 Å². The third-order valence-electron chi connectivity index (χ3n) is 7.94. The molecular formula is C29H27ClF4N8O2. The normalized spacial score (nSPS) is 21.2. The molecule has 2 fully saturated rings. The summed E-state index contributed by atoms with van der Waals surface area (Å²) in [6, 6.07) is 10.7. The van der Waals surface area contributed by atoms with Crippen LogP contribution in [0.1, 0.15) is 18.7 Å². The molecule has 10 nitrogen and oxygen atoms in total. The number of hydrogen-bond acceptors (Lipinski definition) is 9. The van der Waals surface area contributed by atoms with Crippen LogP contribution in [0.3, 0.4) is 0 Å². The number of fused-ring (bicyclic) bond motifs is 2. The molecule has 1 unspecified atom stereocenters. The van der Waals surface area contributed by atoms with E-state index in [2.05, 4.69) is 26.3 Å². The number of aromatic nitrogens is 4. The third-order valence-corrected chi connectivity index (χ3v) is 8.26. The summed E-state index contributed by atoms with van der Waals surface area (Å²) in [7, 11) is 1.76. The molecule has 0 saturated carbocycles. The lowest BCUT2D eigenvalue weighted by molar-refractivity contribution is -0.146. The van der Waals surface area contributed by atoms with Gasteiger partial charge in [0.1, 0.15) is 18.3 Å². The lowest BCUT2D eigenvalue weighted by Crippen LogP contribution is -2.51. The van der Waals surface area contributed by atoms with Crippen LogP contribution >= 0.6 is 11.6 Å². The smallest absolute Gasteiger partial charge is 0.450 e. The first-order valence-corrected chi connectivity index (χ1v) is 14.3. The Morgan fingerprint density at radius 3 is 2.61 bits per heavy atom. The van der Waals surface area contributed by atoms with Crippen LogP contribution in [0.4, 0.5) is 23.4 Å². The van der Waals surface area contributed by atoms with Crippen LogP contribution in [0.15, 0.2) is 41.2 Å². The fourth-order valence-electron chi connectivity index (χ4n) is 5.84. The number of benzene rings is 2. The van der Waals surface area contributed by atoms with Gasteiger partial charge in [0.25, 0.3) is 5.56 Å². The number of halogens is 5. The summed E-state index contributed by atoms with van der Waals surface area (Å²) in [5.74, 6) is -1.49. The molecule has 6 rings (SSSR count). The zero-order valence-corrected chi connectivity index (χ0v) is 24.2. The average Bonchev–Trinajstić information content (AvgIpc) is 3.31. The molecule has 2 saturated heterocycles. The summed E-state index contributed by atoms with van der Waals surface area (Å²) in [4.78, 5) is 30.3. The zero-order chi connectivity index (χ0) is 31.2. The molecule has 3 atom stereocenters. The van der Waals surface area contributed by atoms with Crippen molar-refractivity contribution in [3.63, 3.8) is 0 Å². The van der Waals surface area contributed by atoms with Crippen molar-refractivity contribution in [2.24, 2.45) is 0 Å². The third kappa shape index (κ3) is 5.62. The topological polar surface area (TPSA) is 112 Å². The predicted octanol–water partition coefficient (Wildman–Crippen LogP) is 4.11. The molecule has 4 heterocycles. The minimum Gasteiger partial charge on any atom is -0.462 e. The Labute approximate surface area is 253 Å². The van der Waals surface area contributed by atoms with Crippen molar-refractivity contribution < 1.29 is 22.3 Å². The van der Waals surface area contributed by atoms with Crippen LogP contribution in [0, 0.1) is 11.3 Å². The fraction of sp³-hybridized carbons (Fsp3) is 0.414. The quantitative estimate of drug-likeness (QED) is 0.315. The van der Waals surface area contributed by atoms with E-state index in [9.17, 15) is 27.6 Å². The highest BCUT2D eigenvalue weighted by Gasteiger charge is 2.40. The van der Waals surface area contributed by atoms with Crippen LogP contribution in [-0.2, 0) is 6.18 Å². The molecule has 15 heteroatoms. The summed E-state index contributed by atoms with van der Waals surface area (Å²) >= 11 is 6.44. The van der Waals surface area contributed by atoms with Crippen LogP contribution in [0.2, 0.25) is 5.02 Å². The number of likely N-dealkylation sites (N-methyl/N-ethyl adjacent to an activating group) is 1. The van der Waals surface area contributed by atoms with Crippen molar-refractivity contribution >= 4 is 39.2 Å². The number of ether oxygens (including phenoxy) is 1. The van der Waals surface area contributed by atoms with Gasteiger partial charge in [-0.25, -0.2) is 9.37 Å². The van der Waals surface area contributed by atoms with Crippen molar-refractivity contribution in [1.82, 2.24) is 29.7 Å². The Morgan fingerprint density at radius 1 is 1.14 bits per heavy atom. The van der Waals surface area contributed by atoms with Gasteiger partial charge in [-0.05, 0) is 31.0 Å². The van der Waals surface area contributed by atoms with Gasteiger partial charge in [0.15, 0.2) is 11.3 Å². The largest absolute Gasteiger partial charge is 0.462 e. The van der Waals surface area contributed by atoms with Crippen molar-refractivity contribution in [2.75, 3.05) is 44.7 Å². The lowest BCUT2D eigenvalue weighted by Gasteiger charge is -2.34. The highest BCUT2D eigenvalue weighted by molar-refractivity contribution is 6.36. The number of alkyl halides is 4. The van der Waals surface area contributed by atoms with E-state index in [-0.39, 0.29) is 83.6 Å². The molecule has 230 valence electrons. The number of nitriles is 1. The van der Waals surface area contributed by atoms with E-state index in [1.165, 1.54) is 18.2 Å². The number of likely N-dealkylation sites (tertiary alicyclic amines) is 1. The summed E-state index contributed by atoms with van der Waals surface area (Å²) in [6.45, 7) is 1.19. The maximum Gasteiger partial charge on any atom is 0.450 e. The summed E-state index contributed by atoms with van der Waals surface area (Å²) in [5.41, 5.74) is -1.94. The fourth-order valence-corrected chi connectivity index (χ4v) is 6.12. The van der Waals surface area contributed by atoms with Gasteiger partial charge in [-0.1, -0.05) is 35.9 Å². The maximum absolute atomic E-state index is 14.7. The number of anilines is 1. The van der Waals surface area contributed by atoms with Crippen molar-refractivity contribution in [1.29, 1.82) is 5.26 Å². The highest BCUT2D eigenvalue weighted by Crippen LogP contribution is 2.35. The molecule has 0 spiro atoms. The van der Waals surface area contributed by atoms with E-state index < -0.39 is 23.7 Å². The molecule has 44 heavy (non-hydrogen) atoms. The Hall–Kier alpha value is -4.06. The SMILES string of the molecule is CN1C[C@H](F)C[C@H]1COc1nc(N2CCNC(CC#N)C2)c2nc(C(F)(F)F)n(-c3cccc4cccc(Cl)c34)c(=O)c2n1. The average molecular weight is 631 g/mol. The summed E-state index contributed by atoms with van der Waals surface area (Å²) in [6.07, 6.45) is -5.69. The highest BCUT2D eigenvalue weighted by atomic mass is 35.5. The van der Waals surface area contributed by atoms with Crippen LogP contribution in [-0.4, -0.2) is 82.5 Å². The monoisotopic (exact) mass is 630 g/mol. The molecule has 0 radical (unpaired) electrons. The van der Waals surface area contributed by atoms with Gasteiger partial charge in [-0.3, -0.25) is 14.3 Å². The predicted molar refractivity (Wildman–Crippen MR) is 156 cm³/mol. The minimum atomic E-state index is -5.05. The van der Waals surface area contributed by atoms with E-state index >= 15 is 0 Å². The number of piperazine rings is 1. The first kappa shape index (κ1) is 30.0. The van der Waals surface area contributed by atoms with E-state index in [1.807, 2.05) is 0 Å². The van der Waals surface area contributed by atoms with Gasteiger partial charge < -0.3 is 15.0 Å².